The molecule has 0 bridgehead atoms. The van der Waals surface area contributed by atoms with Gasteiger partial charge in [-0.1, -0.05) is 13.3 Å². The molecule has 0 atom stereocenters. The van der Waals surface area contributed by atoms with E-state index < -0.39 is 11.4 Å². The van der Waals surface area contributed by atoms with Crippen LogP contribution in [0.4, 0.5) is 0 Å². The van der Waals surface area contributed by atoms with Gasteiger partial charge >= 0.3 is 11.4 Å². The SMILES string of the molecule is CCCCn1c(C)c(C)c2c(=O)oc(=O)[nH]c21. The Balaban J connectivity index is 2.79. The van der Waals surface area contributed by atoms with Gasteiger partial charge in [-0.25, -0.2) is 9.59 Å². The predicted octanol–water partition coefficient (Wildman–Crippen LogP) is 1.70. The van der Waals surface area contributed by atoms with Crippen molar-refractivity contribution in [2.75, 3.05) is 0 Å². The maximum absolute atomic E-state index is 11.7. The topological polar surface area (TPSA) is 68.0 Å². The lowest BCUT2D eigenvalue weighted by Crippen LogP contribution is -2.15. The smallest absolute Gasteiger partial charge is 0.372 e. The summed E-state index contributed by atoms with van der Waals surface area (Å²) in [6.07, 6.45) is 2.07. The van der Waals surface area contributed by atoms with Crippen molar-refractivity contribution in [2.24, 2.45) is 0 Å². The Morgan fingerprint density at radius 3 is 2.65 bits per heavy atom. The molecule has 17 heavy (non-hydrogen) atoms. The minimum atomic E-state index is -0.697. The molecule has 0 aliphatic rings. The molecule has 0 aliphatic heterocycles. The third-order valence-corrected chi connectivity index (χ3v) is 3.17. The third kappa shape index (κ3) is 1.81. The number of fused-ring (bicyclic) bond motifs is 1. The lowest BCUT2D eigenvalue weighted by Gasteiger charge is -2.06. The molecule has 0 amide bonds. The van der Waals surface area contributed by atoms with E-state index in [-0.39, 0.29) is 0 Å². The summed E-state index contributed by atoms with van der Waals surface area (Å²) >= 11 is 0. The van der Waals surface area contributed by atoms with E-state index in [0.717, 1.165) is 30.6 Å². The van der Waals surface area contributed by atoms with Crippen LogP contribution in [0.15, 0.2) is 14.0 Å². The number of H-pyrrole nitrogens is 1. The van der Waals surface area contributed by atoms with Gasteiger partial charge in [0.05, 0.1) is 0 Å². The van der Waals surface area contributed by atoms with Crippen LogP contribution in [0.3, 0.4) is 0 Å². The van der Waals surface area contributed by atoms with Gasteiger partial charge in [0.15, 0.2) is 0 Å². The van der Waals surface area contributed by atoms with Crippen molar-refractivity contribution >= 4 is 11.0 Å². The van der Waals surface area contributed by atoms with E-state index in [1.54, 1.807) is 0 Å². The second kappa shape index (κ2) is 4.24. The van der Waals surface area contributed by atoms with E-state index in [1.807, 2.05) is 18.4 Å². The first-order valence-electron chi connectivity index (χ1n) is 5.79. The van der Waals surface area contributed by atoms with Crippen LogP contribution < -0.4 is 11.4 Å². The number of aryl methyl sites for hydroxylation is 2. The number of aromatic amines is 1. The molecule has 0 aliphatic carbocycles. The Bertz CT molecular complexity index is 661. The maximum atomic E-state index is 11.7. The standard InChI is InChI=1S/C12H16N2O3/c1-4-5-6-14-8(3)7(2)9-10(14)13-12(16)17-11(9)15/h4-6H2,1-3H3,(H,13,16). The first-order chi connectivity index (χ1) is 8.06. The van der Waals surface area contributed by atoms with Gasteiger partial charge in [-0.3, -0.25) is 4.98 Å². The fourth-order valence-corrected chi connectivity index (χ4v) is 2.10. The predicted molar refractivity (Wildman–Crippen MR) is 65.5 cm³/mol. The van der Waals surface area contributed by atoms with Crippen molar-refractivity contribution in [1.29, 1.82) is 0 Å². The summed E-state index contributed by atoms with van der Waals surface area (Å²) in [5.74, 6) is -0.697. The first-order valence-corrected chi connectivity index (χ1v) is 5.79. The minimum absolute atomic E-state index is 0.484. The van der Waals surface area contributed by atoms with Crippen LogP contribution in [0.1, 0.15) is 31.0 Å². The van der Waals surface area contributed by atoms with E-state index in [2.05, 4.69) is 16.3 Å². The van der Waals surface area contributed by atoms with Crippen molar-refractivity contribution in [1.82, 2.24) is 9.55 Å². The van der Waals surface area contributed by atoms with Gasteiger partial charge in [0.2, 0.25) is 0 Å². The van der Waals surface area contributed by atoms with E-state index in [0.29, 0.717) is 11.0 Å². The van der Waals surface area contributed by atoms with Crippen LogP contribution in [0.5, 0.6) is 0 Å². The molecule has 0 spiro atoms. The van der Waals surface area contributed by atoms with Crippen molar-refractivity contribution in [2.45, 2.75) is 40.2 Å². The fraction of sp³-hybridized carbons (Fsp3) is 0.500. The zero-order chi connectivity index (χ0) is 12.6. The molecule has 0 aromatic carbocycles. The molecule has 0 fully saturated rings. The molecular weight excluding hydrogens is 220 g/mol. The number of unbranched alkanes of at least 4 members (excludes halogenated alkanes) is 1. The Labute approximate surface area is 98.1 Å². The van der Waals surface area contributed by atoms with Gasteiger partial charge in [0.25, 0.3) is 0 Å². The molecular formula is C12H16N2O3. The Kier molecular flexibility index (Phi) is 2.92. The molecule has 2 heterocycles. The van der Waals surface area contributed by atoms with Gasteiger partial charge in [-0.2, -0.15) is 0 Å². The molecule has 5 nitrogen and oxygen atoms in total. The van der Waals surface area contributed by atoms with Crippen molar-refractivity contribution < 1.29 is 4.42 Å². The lowest BCUT2D eigenvalue weighted by atomic mass is 10.2. The van der Waals surface area contributed by atoms with E-state index in [9.17, 15) is 9.59 Å². The second-order valence-corrected chi connectivity index (χ2v) is 4.24. The Morgan fingerprint density at radius 1 is 1.29 bits per heavy atom. The molecule has 2 aromatic heterocycles. The van der Waals surface area contributed by atoms with Crippen LogP contribution >= 0.6 is 0 Å². The summed E-state index contributed by atoms with van der Waals surface area (Å²) in [7, 11) is 0. The Morgan fingerprint density at radius 2 is 2.00 bits per heavy atom. The van der Waals surface area contributed by atoms with Crippen molar-refractivity contribution in [3.63, 3.8) is 0 Å². The molecule has 0 unspecified atom stereocenters. The zero-order valence-electron chi connectivity index (χ0n) is 10.3. The summed E-state index contributed by atoms with van der Waals surface area (Å²) in [4.78, 5) is 25.5. The van der Waals surface area contributed by atoms with E-state index in [4.69, 9.17) is 0 Å². The molecule has 1 N–H and O–H groups in total. The van der Waals surface area contributed by atoms with E-state index >= 15 is 0 Å². The minimum Gasteiger partial charge on any atom is -0.372 e. The monoisotopic (exact) mass is 236 g/mol. The quantitative estimate of drug-likeness (QED) is 0.881. The number of nitrogens with one attached hydrogen (secondary N) is 1. The van der Waals surface area contributed by atoms with Gasteiger partial charge in [0.1, 0.15) is 11.0 Å². The van der Waals surface area contributed by atoms with Gasteiger partial charge in [-0.15, -0.1) is 0 Å². The highest BCUT2D eigenvalue weighted by atomic mass is 16.4. The highest BCUT2D eigenvalue weighted by Crippen LogP contribution is 2.20. The summed E-state index contributed by atoms with van der Waals surface area (Å²) in [5, 5.41) is 0.484. The van der Waals surface area contributed by atoms with Gasteiger partial charge < -0.3 is 8.98 Å². The number of hydrogen-bond acceptors (Lipinski definition) is 3. The zero-order valence-corrected chi connectivity index (χ0v) is 10.3. The Hall–Kier alpha value is -1.78. The summed E-state index contributed by atoms with van der Waals surface area (Å²) in [6, 6.07) is 0. The molecule has 0 saturated heterocycles. The highest BCUT2D eigenvalue weighted by Gasteiger charge is 2.15. The van der Waals surface area contributed by atoms with Gasteiger partial charge in [-0.05, 0) is 25.8 Å². The average molecular weight is 236 g/mol. The summed E-state index contributed by atoms with van der Waals surface area (Å²) in [5.41, 5.74) is 1.90. The number of nitrogens with zero attached hydrogens (tertiary/aromatic N) is 1. The fourth-order valence-electron chi connectivity index (χ4n) is 2.10. The largest absolute Gasteiger partial charge is 0.420 e. The molecule has 5 heteroatoms. The van der Waals surface area contributed by atoms with Gasteiger partial charge in [0, 0.05) is 12.2 Å². The second-order valence-electron chi connectivity index (χ2n) is 4.24. The highest BCUT2D eigenvalue weighted by molar-refractivity contribution is 5.80. The van der Waals surface area contributed by atoms with E-state index in [1.165, 1.54) is 0 Å². The summed E-state index contributed by atoms with van der Waals surface area (Å²) < 4.78 is 6.54. The maximum Gasteiger partial charge on any atom is 0.420 e. The third-order valence-electron chi connectivity index (χ3n) is 3.17. The molecule has 0 radical (unpaired) electrons. The van der Waals surface area contributed by atoms with Crippen LogP contribution in [-0.4, -0.2) is 9.55 Å². The molecule has 2 aromatic rings. The molecule has 92 valence electrons. The number of aromatic nitrogens is 2. The number of hydrogen-bond donors (Lipinski definition) is 1. The average Bonchev–Trinajstić information content (AvgIpc) is 2.49. The van der Waals surface area contributed by atoms with Crippen LogP contribution in [0.25, 0.3) is 11.0 Å². The van der Waals surface area contributed by atoms with Crippen LogP contribution in [0.2, 0.25) is 0 Å². The molecule has 0 saturated carbocycles. The number of rotatable bonds is 3. The first kappa shape index (κ1) is 11.7. The van der Waals surface area contributed by atoms with Crippen molar-refractivity contribution in [3.8, 4) is 0 Å². The summed E-state index contributed by atoms with van der Waals surface area (Å²) in [6.45, 7) is 6.72. The molecule has 2 rings (SSSR count). The lowest BCUT2D eigenvalue weighted by molar-refractivity contribution is 0.458. The van der Waals surface area contributed by atoms with Crippen molar-refractivity contribution in [3.05, 3.63) is 32.2 Å². The normalized spacial score (nSPS) is 11.2. The van der Waals surface area contributed by atoms with Crippen LogP contribution in [-0.2, 0) is 6.54 Å². The van der Waals surface area contributed by atoms with Crippen LogP contribution in [0, 0.1) is 13.8 Å².